The van der Waals surface area contributed by atoms with Crippen LogP contribution in [-0.2, 0) is 0 Å². The lowest BCUT2D eigenvalue weighted by molar-refractivity contribution is 0.0935. The molecule has 6 heteroatoms. The zero-order chi connectivity index (χ0) is 14.1. The van der Waals surface area contributed by atoms with Crippen molar-refractivity contribution in [3.63, 3.8) is 0 Å². The van der Waals surface area contributed by atoms with Crippen molar-refractivity contribution in [1.82, 2.24) is 10.6 Å². The second kappa shape index (κ2) is 6.17. The number of carbonyl (C=O) groups excluding carboxylic acids is 1. The summed E-state index contributed by atoms with van der Waals surface area (Å²) >= 11 is 9.97. The zero-order valence-corrected chi connectivity index (χ0v) is 14.4. The van der Waals surface area contributed by atoms with Crippen LogP contribution in [0, 0.1) is 3.57 Å². The Morgan fingerprint density at radius 1 is 1.45 bits per heavy atom. The lowest BCUT2D eigenvalue weighted by Gasteiger charge is -2.23. The summed E-state index contributed by atoms with van der Waals surface area (Å²) in [5, 5.41) is 8.07. The molecule has 2 aromatic rings. The minimum absolute atomic E-state index is 0.00553. The van der Waals surface area contributed by atoms with Crippen molar-refractivity contribution in [2.75, 3.05) is 13.1 Å². The summed E-state index contributed by atoms with van der Waals surface area (Å²) in [5.74, 6) is 0.00553. The predicted octanol–water partition coefficient (Wildman–Crippen LogP) is 3.64. The number of hydrogen-bond acceptors (Lipinski definition) is 3. The van der Waals surface area contributed by atoms with Crippen molar-refractivity contribution >= 4 is 61.5 Å². The van der Waals surface area contributed by atoms with Gasteiger partial charge in [0.1, 0.15) is 0 Å². The van der Waals surface area contributed by atoms with Crippen LogP contribution in [0.1, 0.15) is 22.5 Å². The summed E-state index contributed by atoms with van der Waals surface area (Å²) in [6.07, 6.45) is 2.16. The molecular formula is C14H14ClIN2OS. The lowest BCUT2D eigenvalue weighted by Crippen LogP contribution is -2.45. The van der Waals surface area contributed by atoms with E-state index in [0.29, 0.717) is 5.02 Å². The van der Waals surface area contributed by atoms with Crippen molar-refractivity contribution in [2.45, 2.75) is 18.9 Å². The van der Waals surface area contributed by atoms with Crippen molar-refractivity contribution in [2.24, 2.45) is 0 Å². The largest absolute Gasteiger partial charge is 0.347 e. The molecule has 3 nitrogen and oxygen atoms in total. The Hall–Kier alpha value is -0.370. The molecule has 2 heterocycles. The van der Waals surface area contributed by atoms with Crippen LogP contribution in [-0.4, -0.2) is 25.0 Å². The van der Waals surface area contributed by atoms with Crippen molar-refractivity contribution in [3.8, 4) is 0 Å². The minimum atomic E-state index is 0.00553. The van der Waals surface area contributed by atoms with Gasteiger partial charge in [-0.05, 0) is 60.2 Å². The summed E-state index contributed by atoms with van der Waals surface area (Å²) in [6.45, 7) is 1.90. The molecule has 1 atom stereocenters. The van der Waals surface area contributed by atoms with E-state index in [2.05, 4.69) is 39.3 Å². The molecule has 20 heavy (non-hydrogen) atoms. The van der Waals surface area contributed by atoms with Gasteiger partial charge < -0.3 is 10.6 Å². The molecular weight excluding hydrogens is 407 g/mol. The van der Waals surface area contributed by atoms with Crippen molar-refractivity contribution in [3.05, 3.63) is 31.7 Å². The van der Waals surface area contributed by atoms with E-state index in [4.69, 9.17) is 11.6 Å². The van der Waals surface area contributed by atoms with Crippen molar-refractivity contribution in [1.29, 1.82) is 0 Å². The molecule has 0 radical (unpaired) electrons. The maximum atomic E-state index is 12.3. The van der Waals surface area contributed by atoms with Gasteiger partial charge in [-0.3, -0.25) is 4.79 Å². The van der Waals surface area contributed by atoms with Crippen LogP contribution in [0.3, 0.4) is 0 Å². The third-order valence-electron chi connectivity index (χ3n) is 3.41. The average molecular weight is 421 g/mol. The van der Waals surface area contributed by atoms with E-state index in [9.17, 15) is 4.79 Å². The molecule has 1 amide bonds. The predicted molar refractivity (Wildman–Crippen MR) is 92.9 cm³/mol. The van der Waals surface area contributed by atoms with E-state index in [0.717, 1.165) is 44.5 Å². The number of piperidine rings is 1. The number of halogens is 2. The van der Waals surface area contributed by atoms with Gasteiger partial charge in [0, 0.05) is 26.2 Å². The van der Waals surface area contributed by atoms with Crippen molar-refractivity contribution < 1.29 is 4.79 Å². The number of thiophene rings is 1. The van der Waals surface area contributed by atoms with Gasteiger partial charge in [0.15, 0.2) is 0 Å². The molecule has 1 saturated heterocycles. The number of amides is 1. The molecule has 1 aliphatic rings. The summed E-state index contributed by atoms with van der Waals surface area (Å²) in [5.41, 5.74) is 0. The molecule has 1 aliphatic heterocycles. The van der Waals surface area contributed by atoms with E-state index in [1.807, 2.05) is 12.1 Å². The van der Waals surface area contributed by atoms with Crippen LogP contribution in [0.5, 0.6) is 0 Å². The van der Waals surface area contributed by atoms with Crippen LogP contribution in [0.4, 0.5) is 0 Å². The third kappa shape index (κ3) is 3.10. The number of fused-ring (bicyclic) bond motifs is 1. The zero-order valence-electron chi connectivity index (χ0n) is 10.7. The number of nitrogens with one attached hydrogen (secondary N) is 2. The molecule has 1 fully saturated rings. The second-order valence-corrected chi connectivity index (χ2v) is 7.66. The van der Waals surface area contributed by atoms with Crippen LogP contribution in [0.25, 0.3) is 10.1 Å². The van der Waals surface area contributed by atoms with Gasteiger partial charge in [0.25, 0.3) is 5.91 Å². The van der Waals surface area contributed by atoms with Gasteiger partial charge in [-0.25, -0.2) is 0 Å². The van der Waals surface area contributed by atoms with E-state index in [1.165, 1.54) is 11.3 Å². The Balaban J connectivity index is 1.82. The number of carbonyl (C=O) groups is 1. The van der Waals surface area contributed by atoms with Gasteiger partial charge in [0.2, 0.25) is 0 Å². The maximum Gasteiger partial charge on any atom is 0.261 e. The summed E-state index contributed by atoms with van der Waals surface area (Å²) < 4.78 is 2.15. The van der Waals surface area contributed by atoms with E-state index < -0.39 is 0 Å². The maximum absolute atomic E-state index is 12.3. The molecule has 0 unspecified atom stereocenters. The standard InChI is InChI=1S/C14H14ClIN2OS/c15-11-4-8(16)5-12-10(11)6-13(20-12)14(19)18-9-2-1-3-17-7-9/h4-6,9,17H,1-3,7H2,(H,18,19)/t9-/m1/s1. The Morgan fingerprint density at radius 2 is 2.30 bits per heavy atom. The molecule has 106 valence electrons. The van der Waals surface area contributed by atoms with Crippen LogP contribution in [0.15, 0.2) is 18.2 Å². The van der Waals surface area contributed by atoms with Gasteiger partial charge >= 0.3 is 0 Å². The lowest BCUT2D eigenvalue weighted by atomic mass is 10.1. The first-order valence-corrected chi connectivity index (χ1v) is 8.81. The number of rotatable bonds is 2. The fraction of sp³-hybridized carbons (Fsp3) is 0.357. The van der Waals surface area contributed by atoms with Crippen LogP contribution in [0.2, 0.25) is 5.02 Å². The fourth-order valence-corrected chi connectivity index (χ4v) is 4.79. The minimum Gasteiger partial charge on any atom is -0.347 e. The molecule has 1 aromatic carbocycles. The molecule has 3 rings (SSSR count). The molecule has 0 aliphatic carbocycles. The normalized spacial score (nSPS) is 19.2. The summed E-state index contributed by atoms with van der Waals surface area (Å²) in [7, 11) is 0. The van der Waals surface area contributed by atoms with Gasteiger partial charge in [-0.15, -0.1) is 11.3 Å². The Morgan fingerprint density at radius 3 is 3.05 bits per heavy atom. The van der Waals surface area contributed by atoms with E-state index >= 15 is 0 Å². The van der Waals surface area contributed by atoms with Gasteiger partial charge in [-0.1, -0.05) is 11.6 Å². The SMILES string of the molecule is O=C(N[C@@H]1CCCNC1)c1cc2c(Cl)cc(I)cc2s1. The molecule has 0 saturated carbocycles. The quantitative estimate of drug-likeness (QED) is 0.728. The van der Waals surface area contributed by atoms with E-state index in [-0.39, 0.29) is 11.9 Å². The monoisotopic (exact) mass is 420 g/mol. The van der Waals surface area contributed by atoms with Crippen LogP contribution >= 0.6 is 45.5 Å². The first-order valence-electron chi connectivity index (χ1n) is 6.53. The first kappa shape index (κ1) is 14.6. The number of benzene rings is 1. The third-order valence-corrected chi connectivity index (χ3v) is 5.42. The highest BCUT2D eigenvalue weighted by atomic mass is 127. The second-order valence-electron chi connectivity index (χ2n) is 4.93. The molecule has 2 N–H and O–H groups in total. The Labute approximate surface area is 140 Å². The number of hydrogen-bond donors (Lipinski definition) is 2. The fourth-order valence-electron chi connectivity index (χ4n) is 2.41. The van der Waals surface area contributed by atoms with E-state index in [1.54, 1.807) is 0 Å². The first-order chi connectivity index (χ1) is 9.63. The van der Waals surface area contributed by atoms with Gasteiger partial charge in [0.05, 0.1) is 9.90 Å². The topological polar surface area (TPSA) is 41.1 Å². The molecule has 1 aromatic heterocycles. The van der Waals surface area contributed by atoms with Gasteiger partial charge in [-0.2, -0.15) is 0 Å². The molecule has 0 spiro atoms. The molecule has 0 bridgehead atoms. The smallest absolute Gasteiger partial charge is 0.261 e. The average Bonchev–Trinajstić information content (AvgIpc) is 2.84. The Kier molecular flexibility index (Phi) is 4.49. The highest BCUT2D eigenvalue weighted by Gasteiger charge is 2.18. The Bertz CT molecular complexity index is 652. The summed E-state index contributed by atoms with van der Waals surface area (Å²) in [4.78, 5) is 13.0. The highest BCUT2D eigenvalue weighted by Crippen LogP contribution is 2.33. The van der Waals surface area contributed by atoms with Crippen LogP contribution < -0.4 is 10.6 Å². The summed E-state index contributed by atoms with van der Waals surface area (Å²) in [6, 6.07) is 6.11. The highest BCUT2D eigenvalue weighted by molar-refractivity contribution is 14.1.